The molecule has 0 heterocycles. The Morgan fingerprint density at radius 1 is 1.27 bits per heavy atom. The van der Waals surface area contributed by atoms with E-state index in [9.17, 15) is 0 Å². The molecule has 2 heteroatoms. The Balaban J connectivity index is 2.31. The van der Waals surface area contributed by atoms with Gasteiger partial charge in [0.25, 0.3) is 0 Å². The highest BCUT2D eigenvalue weighted by atomic mass is 16.5. The van der Waals surface area contributed by atoms with E-state index in [1.165, 1.54) is 25.7 Å². The van der Waals surface area contributed by atoms with Gasteiger partial charge < -0.3 is 10.5 Å². The Labute approximate surface area is 69.1 Å². The molecule has 1 fully saturated rings. The van der Waals surface area contributed by atoms with E-state index < -0.39 is 0 Å². The third-order valence-corrected chi connectivity index (χ3v) is 2.75. The van der Waals surface area contributed by atoms with Crippen LogP contribution in [0, 0.1) is 11.8 Å². The van der Waals surface area contributed by atoms with Crippen LogP contribution in [0.3, 0.4) is 0 Å². The number of rotatable bonds is 3. The van der Waals surface area contributed by atoms with E-state index in [4.69, 9.17) is 10.5 Å². The summed E-state index contributed by atoms with van der Waals surface area (Å²) in [5.41, 5.74) is 5.67. The van der Waals surface area contributed by atoms with Crippen molar-refractivity contribution in [2.75, 3.05) is 20.3 Å². The number of methoxy groups -OCH3 is 1. The lowest BCUT2D eigenvalue weighted by atomic mass is 9.80. The van der Waals surface area contributed by atoms with Crippen LogP contribution in [-0.4, -0.2) is 20.3 Å². The van der Waals surface area contributed by atoms with Crippen molar-refractivity contribution in [2.24, 2.45) is 17.6 Å². The van der Waals surface area contributed by atoms with Crippen LogP contribution in [0.25, 0.3) is 0 Å². The van der Waals surface area contributed by atoms with Crippen LogP contribution in [-0.2, 0) is 4.74 Å². The molecule has 0 spiro atoms. The maximum absolute atomic E-state index is 5.67. The van der Waals surface area contributed by atoms with Crippen molar-refractivity contribution in [3.05, 3.63) is 0 Å². The standard InChI is InChI=1S/C9H19NO/c1-11-7-9-5-3-2-4-8(9)6-10/h8-9H,2-7,10H2,1H3. The highest BCUT2D eigenvalue weighted by molar-refractivity contribution is 4.75. The summed E-state index contributed by atoms with van der Waals surface area (Å²) in [7, 11) is 1.78. The van der Waals surface area contributed by atoms with Crippen molar-refractivity contribution in [1.29, 1.82) is 0 Å². The largest absolute Gasteiger partial charge is 0.384 e. The first kappa shape index (κ1) is 9.01. The molecule has 0 amide bonds. The average molecular weight is 157 g/mol. The Hall–Kier alpha value is -0.0800. The molecule has 66 valence electrons. The summed E-state index contributed by atoms with van der Waals surface area (Å²) in [6.45, 7) is 1.75. The van der Waals surface area contributed by atoms with Crippen molar-refractivity contribution < 1.29 is 4.74 Å². The summed E-state index contributed by atoms with van der Waals surface area (Å²) in [6, 6.07) is 0. The first-order chi connectivity index (χ1) is 5.38. The minimum absolute atomic E-state index is 0.726. The van der Waals surface area contributed by atoms with Gasteiger partial charge in [-0.3, -0.25) is 0 Å². The van der Waals surface area contributed by atoms with Gasteiger partial charge in [-0.1, -0.05) is 12.8 Å². The molecule has 1 aliphatic carbocycles. The molecule has 1 aliphatic rings. The van der Waals surface area contributed by atoms with Gasteiger partial charge in [-0.15, -0.1) is 0 Å². The van der Waals surface area contributed by atoms with E-state index in [-0.39, 0.29) is 0 Å². The molecule has 0 bridgehead atoms. The van der Waals surface area contributed by atoms with Crippen LogP contribution in [0.1, 0.15) is 25.7 Å². The maximum Gasteiger partial charge on any atom is 0.0493 e. The Morgan fingerprint density at radius 3 is 2.45 bits per heavy atom. The van der Waals surface area contributed by atoms with E-state index >= 15 is 0 Å². The second kappa shape index (κ2) is 4.73. The van der Waals surface area contributed by atoms with Gasteiger partial charge in [-0.05, 0) is 31.2 Å². The minimum Gasteiger partial charge on any atom is -0.384 e. The fourth-order valence-electron chi connectivity index (χ4n) is 2.03. The van der Waals surface area contributed by atoms with Crippen LogP contribution in [0.4, 0.5) is 0 Å². The van der Waals surface area contributed by atoms with E-state index in [0.717, 1.165) is 25.0 Å². The minimum atomic E-state index is 0.726. The summed E-state index contributed by atoms with van der Waals surface area (Å²) >= 11 is 0. The fraction of sp³-hybridized carbons (Fsp3) is 1.00. The quantitative estimate of drug-likeness (QED) is 0.672. The zero-order valence-electron chi connectivity index (χ0n) is 7.38. The van der Waals surface area contributed by atoms with Crippen LogP contribution in [0.5, 0.6) is 0 Å². The van der Waals surface area contributed by atoms with Crippen LogP contribution >= 0.6 is 0 Å². The molecule has 0 aromatic carbocycles. The molecule has 2 nitrogen and oxygen atoms in total. The predicted octanol–water partition coefficient (Wildman–Crippen LogP) is 1.40. The highest BCUT2D eigenvalue weighted by Crippen LogP contribution is 2.29. The van der Waals surface area contributed by atoms with E-state index in [0.29, 0.717) is 0 Å². The Bertz CT molecular complexity index is 104. The molecule has 1 rings (SSSR count). The van der Waals surface area contributed by atoms with Gasteiger partial charge in [0.15, 0.2) is 0 Å². The van der Waals surface area contributed by atoms with Gasteiger partial charge in [0.05, 0.1) is 0 Å². The molecule has 1 saturated carbocycles. The molecule has 0 aromatic rings. The fourth-order valence-corrected chi connectivity index (χ4v) is 2.03. The van der Waals surface area contributed by atoms with Crippen molar-refractivity contribution in [3.63, 3.8) is 0 Å². The molecule has 2 N–H and O–H groups in total. The average Bonchev–Trinajstić information content (AvgIpc) is 2.06. The number of ether oxygens (including phenoxy) is 1. The third kappa shape index (κ3) is 2.46. The van der Waals surface area contributed by atoms with Gasteiger partial charge >= 0.3 is 0 Å². The summed E-state index contributed by atoms with van der Waals surface area (Å²) in [6.07, 6.45) is 5.35. The lowest BCUT2D eigenvalue weighted by molar-refractivity contribution is 0.0970. The second-order valence-electron chi connectivity index (χ2n) is 3.50. The molecule has 0 radical (unpaired) electrons. The summed E-state index contributed by atoms with van der Waals surface area (Å²) in [5, 5.41) is 0. The third-order valence-electron chi connectivity index (χ3n) is 2.75. The normalized spacial score (nSPS) is 32.2. The summed E-state index contributed by atoms with van der Waals surface area (Å²) in [4.78, 5) is 0. The molecule has 11 heavy (non-hydrogen) atoms. The molecule has 2 unspecified atom stereocenters. The lowest BCUT2D eigenvalue weighted by Crippen LogP contribution is -2.29. The maximum atomic E-state index is 5.67. The van der Waals surface area contributed by atoms with Gasteiger partial charge in [-0.25, -0.2) is 0 Å². The smallest absolute Gasteiger partial charge is 0.0493 e. The summed E-state index contributed by atoms with van der Waals surface area (Å²) < 4.78 is 5.16. The number of nitrogens with two attached hydrogens (primary N) is 1. The van der Waals surface area contributed by atoms with Gasteiger partial charge in [0.1, 0.15) is 0 Å². The predicted molar refractivity (Wildman–Crippen MR) is 46.4 cm³/mol. The highest BCUT2D eigenvalue weighted by Gasteiger charge is 2.23. The van der Waals surface area contributed by atoms with Crippen molar-refractivity contribution in [1.82, 2.24) is 0 Å². The van der Waals surface area contributed by atoms with Crippen molar-refractivity contribution >= 4 is 0 Å². The van der Waals surface area contributed by atoms with Crippen LogP contribution in [0.2, 0.25) is 0 Å². The number of hydrogen-bond acceptors (Lipinski definition) is 2. The van der Waals surface area contributed by atoms with Crippen LogP contribution < -0.4 is 5.73 Å². The van der Waals surface area contributed by atoms with Gasteiger partial charge in [-0.2, -0.15) is 0 Å². The van der Waals surface area contributed by atoms with Gasteiger partial charge in [0, 0.05) is 13.7 Å². The topological polar surface area (TPSA) is 35.2 Å². The molecular formula is C9H19NO. The molecular weight excluding hydrogens is 138 g/mol. The number of hydrogen-bond donors (Lipinski definition) is 1. The van der Waals surface area contributed by atoms with Crippen molar-refractivity contribution in [3.8, 4) is 0 Å². The summed E-state index contributed by atoms with van der Waals surface area (Å²) in [5.74, 6) is 1.46. The molecule has 2 atom stereocenters. The Morgan fingerprint density at radius 2 is 1.91 bits per heavy atom. The lowest BCUT2D eigenvalue weighted by Gasteiger charge is -2.29. The van der Waals surface area contributed by atoms with E-state index in [1.54, 1.807) is 7.11 Å². The molecule has 0 aliphatic heterocycles. The SMILES string of the molecule is COCC1CCCCC1CN. The first-order valence-corrected chi connectivity index (χ1v) is 4.57. The zero-order valence-corrected chi connectivity index (χ0v) is 7.38. The second-order valence-corrected chi connectivity index (χ2v) is 3.50. The van der Waals surface area contributed by atoms with Gasteiger partial charge in [0.2, 0.25) is 0 Å². The van der Waals surface area contributed by atoms with Crippen molar-refractivity contribution in [2.45, 2.75) is 25.7 Å². The monoisotopic (exact) mass is 157 g/mol. The molecule has 0 aromatic heterocycles. The first-order valence-electron chi connectivity index (χ1n) is 4.57. The zero-order chi connectivity index (χ0) is 8.10. The van der Waals surface area contributed by atoms with Crippen LogP contribution in [0.15, 0.2) is 0 Å². The Kier molecular flexibility index (Phi) is 3.87. The molecule has 0 saturated heterocycles. The van der Waals surface area contributed by atoms with E-state index in [2.05, 4.69) is 0 Å². The van der Waals surface area contributed by atoms with E-state index in [1.807, 2.05) is 0 Å².